The van der Waals surface area contributed by atoms with Gasteiger partial charge in [0.1, 0.15) is 18.5 Å². The van der Waals surface area contributed by atoms with E-state index in [1.54, 1.807) is 21.7 Å². The summed E-state index contributed by atoms with van der Waals surface area (Å²) in [5.74, 6) is -1.65. The van der Waals surface area contributed by atoms with Crippen LogP contribution in [-0.4, -0.2) is 64.9 Å². The van der Waals surface area contributed by atoms with Crippen LogP contribution in [0.1, 0.15) is 28.9 Å². The van der Waals surface area contributed by atoms with Gasteiger partial charge in [-0.2, -0.15) is 5.10 Å². The molecule has 2 aromatic rings. The first kappa shape index (κ1) is 20.5. The van der Waals surface area contributed by atoms with E-state index in [1.807, 2.05) is 12.1 Å². The number of hydrogen-bond acceptors (Lipinski definition) is 5. The lowest BCUT2D eigenvalue weighted by Crippen LogP contribution is -2.42. The van der Waals surface area contributed by atoms with E-state index in [1.165, 1.54) is 0 Å². The number of aryl methyl sites for hydroxylation is 1. The van der Waals surface area contributed by atoms with Crippen molar-refractivity contribution in [1.82, 2.24) is 20.0 Å². The zero-order valence-corrected chi connectivity index (χ0v) is 17.6. The fourth-order valence-corrected chi connectivity index (χ4v) is 4.55. The Morgan fingerprint density at radius 2 is 2.19 bits per heavy atom. The van der Waals surface area contributed by atoms with Crippen LogP contribution in [0.4, 0.5) is 8.78 Å². The third kappa shape index (κ3) is 4.48. The Hall–Kier alpha value is -2.39. The molecule has 3 aliphatic rings. The van der Waals surface area contributed by atoms with Crippen LogP contribution in [0.25, 0.3) is 0 Å². The standard InChI is InChI=1S/C21H23ClF2N4O3/c22-14-1-2-18-13(7-14)8-15(11-30-18)25-20(29)17-9-19-28(26-17)5-3-16(31-19)10-27-6-4-21(23,24)12-27/h1-2,7,9,15-16H,3-6,8,10-12H2,(H,25,29)/t15-,16?/m1/s1. The monoisotopic (exact) mass is 452 g/mol. The van der Waals surface area contributed by atoms with Crippen LogP contribution in [0.2, 0.25) is 5.02 Å². The van der Waals surface area contributed by atoms with Crippen molar-refractivity contribution in [2.75, 3.05) is 26.2 Å². The molecule has 0 spiro atoms. The van der Waals surface area contributed by atoms with Crippen LogP contribution in [-0.2, 0) is 13.0 Å². The van der Waals surface area contributed by atoms with E-state index < -0.39 is 5.92 Å². The summed E-state index contributed by atoms with van der Waals surface area (Å²) in [6.45, 7) is 1.54. The number of halogens is 3. The minimum absolute atomic E-state index is 0.108. The van der Waals surface area contributed by atoms with Gasteiger partial charge < -0.3 is 14.8 Å². The Bertz CT molecular complexity index is 999. The molecule has 2 atom stereocenters. The Morgan fingerprint density at radius 3 is 3.00 bits per heavy atom. The Balaban J connectivity index is 1.19. The largest absolute Gasteiger partial charge is 0.491 e. The minimum Gasteiger partial charge on any atom is -0.491 e. The van der Waals surface area contributed by atoms with Gasteiger partial charge in [-0.15, -0.1) is 0 Å². The third-order valence-corrected chi connectivity index (χ3v) is 6.14. The first-order valence-electron chi connectivity index (χ1n) is 10.4. The first-order chi connectivity index (χ1) is 14.8. The highest BCUT2D eigenvalue weighted by Gasteiger charge is 2.39. The van der Waals surface area contributed by atoms with Gasteiger partial charge >= 0.3 is 0 Å². The molecule has 3 aliphatic heterocycles. The number of fused-ring (bicyclic) bond motifs is 2. The normalized spacial score (nSPS) is 24.6. The van der Waals surface area contributed by atoms with Gasteiger partial charge in [-0.1, -0.05) is 11.6 Å². The fraction of sp³-hybridized carbons (Fsp3) is 0.524. The van der Waals surface area contributed by atoms with Crippen LogP contribution in [0.15, 0.2) is 24.3 Å². The van der Waals surface area contributed by atoms with Crippen LogP contribution in [0, 0.1) is 0 Å². The van der Waals surface area contributed by atoms with Gasteiger partial charge in [0.2, 0.25) is 5.88 Å². The highest BCUT2D eigenvalue weighted by atomic mass is 35.5. The average molecular weight is 453 g/mol. The van der Waals surface area contributed by atoms with Crippen molar-refractivity contribution in [2.45, 2.75) is 43.9 Å². The van der Waals surface area contributed by atoms with Crippen molar-refractivity contribution in [3.8, 4) is 11.6 Å². The van der Waals surface area contributed by atoms with Gasteiger partial charge in [-0.05, 0) is 30.2 Å². The van der Waals surface area contributed by atoms with Crippen LogP contribution in [0.5, 0.6) is 11.6 Å². The number of ether oxygens (including phenoxy) is 2. The van der Waals surface area contributed by atoms with Crippen molar-refractivity contribution in [3.63, 3.8) is 0 Å². The van der Waals surface area contributed by atoms with E-state index in [9.17, 15) is 13.6 Å². The highest BCUT2D eigenvalue weighted by Crippen LogP contribution is 2.30. The average Bonchev–Trinajstić information content (AvgIpc) is 3.30. The number of nitrogens with one attached hydrogen (secondary N) is 1. The molecule has 0 radical (unpaired) electrons. The molecular weight excluding hydrogens is 430 g/mol. The molecule has 0 aliphatic carbocycles. The Kier molecular flexibility index (Phi) is 5.26. The van der Waals surface area contributed by atoms with Crippen molar-refractivity contribution < 1.29 is 23.0 Å². The molecule has 1 unspecified atom stereocenters. The number of hydrogen-bond donors (Lipinski definition) is 1. The molecule has 0 saturated carbocycles. The predicted octanol–water partition coefficient (Wildman–Crippen LogP) is 2.76. The summed E-state index contributed by atoms with van der Waals surface area (Å²) < 4.78 is 40.1. The van der Waals surface area contributed by atoms with Gasteiger partial charge in [0.25, 0.3) is 11.8 Å². The maximum absolute atomic E-state index is 13.4. The van der Waals surface area contributed by atoms with Crippen LogP contribution < -0.4 is 14.8 Å². The molecule has 1 N–H and O–H groups in total. The second-order valence-corrected chi connectivity index (χ2v) is 8.83. The van der Waals surface area contributed by atoms with E-state index in [0.717, 1.165) is 11.3 Å². The lowest BCUT2D eigenvalue weighted by Gasteiger charge is -2.28. The number of carbonyl (C=O) groups excluding carboxylic acids is 1. The minimum atomic E-state index is -2.61. The van der Waals surface area contributed by atoms with Crippen LogP contribution in [0.3, 0.4) is 0 Å². The number of alkyl halides is 2. The number of carbonyl (C=O) groups is 1. The maximum Gasteiger partial charge on any atom is 0.272 e. The number of rotatable bonds is 4. The van der Waals surface area contributed by atoms with E-state index in [4.69, 9.17) is 21.1 Å². The highest BCUT2D eigenvalue weighted by molar-refractivity contribution is 6.30. The second-order valence-electron chi connectivity index (χ2n) is 8.40. The zero-order chi connectivity index (χ0) is 21.6. The van der Waals surface area contributed by atoms with E-state index in [-0.39, 0.29) is 36.7 Å². The molecule has 0 bridgehead atoms. The molecule has 5 rings (SSSR count). The summed E-state index contributed by atoms with van der Waals surface area (Å²) in [4.78, 5) is 14.5. The maximum atomic E-state index is 13.4. The summed E-state index contributed by atoms with van der Waals surface area (Å²) in [5, 5.41) is 7.93. The number of aromatic nitrogens is 2. The molecule has 1 aromatic carbocycles. The predicted molar refractivity (Wildman–Crippen MR) is 109 cm³/mol. The van der Waals surface area contributed by atoms with Gasteiger partial charge in [-0.3, -0.25) is 9.69 Å². The van der Waals surface area contributed by atoms with Crippen LogP contribution >= 0.6 is 11.6 Å². The number of amides is 1. The summed E-state index contributed by atoms with van der Waals surface area (Å²) in [6.07, 6.45) is 0.978. The summed E-state index contributed by atoms with van der Waals surface area (Å²) in [7, 11) is 0. The summed E-state index contributed by atoms with van der Waals surface area (Å²) in [6, 6.07) is 6.86. The summed E-state index contributed by atoms with van der Waals surface area (Å²) in [5.41, 5.74) is 1.21. The Labute approximate surface area is 183 Å². The molecule has 1 fully saturated rings. The smallest absolute Gasteiger partial charge is 0.272 e. The molecule has 166 valence electrons. The van der Waals surface area contributed by atoms with Crippen molar-refractivity contribution in [1.29, 1.82) is 0 Å². The number of nitrogens with zero attached hydrogens (tertiary/aromatic N) is 3. The van der Waals surface area contributed by atoms with E-state index in [0.29, 0.717) is 50.0 Å². The number of benzene rings is 1. The van der Waals surface area contributed by atoms with Crippen molar-refractivity contribution in [3.05, 3.63) is 40.5 Å². The van der Waals surface area contributed by atoms with E-state index >= 15 is 0 Å². The lowest BCUT2D eigenvalue weighted by molar-refractivity contribution is 0.00653. The van der Waals surface area contributed by atoms with Gasteiger partial charge in [0, 0.05) is 43.6 Å². The molecular formula is C21H23ClF2N4O3. The van der Waals surface area contributed by atoms with Crippen molar-refractivity contribution in [2.24, 2.45) is 0 Å². The Morgan fingerprint density at radius 1 is 1.32 bits per heavy atom. The quantitative estimate of drug-likeness (QED) is 0.772. The zero-order valence-electron chi connectivity index (χ0n) is 16.8. The SMILES string of the molecule is O=C(N[C@H]1COc2ccc(Cl)cc2C1)c1cc2n(n1)CCC(CN1CCC(F)(F)C1)O2. The first-order valence-corrected chi connectivity index (χ1v) is 10.8. The van der Waals surface area contributed by atoms with Crippen molar-refractivity contribution >= 4 is 17.5 Å². The molecule has 1 aromatic heterocycles. The molecule has 31 heavy (non-hydrogen) atoms. The molecule has 4 heterocycles. The molecule has 1 saturated heterocycles. The third-order valence-electron chi connectivity index (χ3n) is 5.90. The van der Waals surface area contributed by atoms with Gasteiger partial charge in [0.05, 0.1) is 12.6 Å². The molecule has 10 heteroatoms. The topological polar surface area (TPSA) is 68.6 Å². The molecule has 7 nitrogen and oxygen atoms in total. The van der Waals surface area contributed by atoms with Gasteiger partial charge in [0.15, 0.2) is 5.69 Å². The lowest BCUT2D eigenvalue weighted by atomic mass is 10.0. The van der Waals surface area contributed by atoms with E-state index in [2.05, 4.69) is 10.4 Å². The fourth-order valence-electron chi connectivity index (χ4n) is 4.36. The van der Waals surface area contributed by atoms with Gasteiger partial charge in [-0.25, -0.2) is 13.5 Å². The molecule has 1 amide bonds. The summed E-state index contributed by atoms with van der Waals surface area (Å²) >= 11 is 6.05. The second kappa shape index (κ2) is 7.94. The number of likely N-dealkylation sites (tertiary alicyclic amines) is 1.